The van der Waals surface area contributed by atoms with Crippen LogP contribution in [-0.4, -0.2) is 18.7 Å². The highest BCUT2D eigenvalue weighted by molar-refractivity contribution is 5.22. The molecule has 1 aliphatic rings. The van der Waals surface area contributed by atoms with Crippen LogP contribution in [0.5, 0.6) is 0 Å². The van der Waals surface area contributed by atoms with Gasteiger partial charge in [-0.1, -0.05) is 30.3 Å². The maximum Gasteiger partial charge on any atom is 0.113 e. The van der Waals surface area contributed by atoms with Crippen molar-refractivity contribution < 1.29 is 4.84 Å². The monoisotopic (exact) mass is 177 g/mol. The third kappa shape index (κ3) is 1.60. The first-order chi connectivity index (χ1) is 6.21. The molecular weight excluding hydrogens is 162 g/mol. The molecule has 1 unspecified atom stereocenters. The van der Waals surface area contributed by atoms with Gasteiger partial charge in [0.05, 0.1) is 0 Å². The lowest BCUT2D eigenvalue weighted by atomic mass is 9.93. The van der Waals surface area contributed by atoms with E-state index in [9.17, 15) is 0 Å². The SMILES string of the molecule is CN1CCC(C)(c2ccccc2)O1. The molecule has 1 heterocycles. The topological polar surface area (TPSA) is 12.5 Å². The van der Waals surface area contributed by atoms with E-state index >= 15 is 0 Å². The summed E-state index contributed by atoms with van der Waals surface area (Å²) in [7, 11) is 1.98. The molecule has 1 fully saturated rings. The Labute approximate surface area is 79.1 Å². The number of hydrogen-bond donors (Lipinski definition) is 0. The molecule has 0 amide bonds. The Balaban J connectivity index is 2.26. The fourth-order valence-electron chi connectivity index (χ4n) is 1.79. The molecule has 1 aromatic carbocycles. The second-order valence-electron chi connectivity index (χ2n) is 3.79. The lowest BCUT2D eigenvalue weighted by Gasteiger charge is -2.23. The molecule has 1 saturated heterocycles. The van der Waals surface area contributed by atoms with Crippen LogP contribution in [0.3, 0.4) is 0 Å². The molecule has 2 rings (SSSR count). The molecule has 0 saturated carbocycles. The highest BCUT2D eigenvalue weighted by Crippen LogP contribution is 2.34. The summed E-state index contributed by atoms with van der Waals surface area (Å²) >= 11 is 0. The van der Waals surface area contributed by atoms with Crippen molar-refractivity contribution in [1.29, 1.82) is 0 Å². The Hall–Kier alpha value is -0.860. The second-order valence-corrected chi connectivity index (χ2v) is 3.79. The normalized spacial score (nSPS) is 29.4. The van der Waals surface area contributed by atoms with Gasteiger partial charge in [0.1, 0.15) is 5.60 Å². The van der Waals surface area contributed by atoms with Crippen molar-refractivity contribution in [3.63, 3.8) is 0 Å². The number of nitrogens with zero attached hydrogens (tertiary/aromatic N) is 1. The first-order valence-corrected chi connectivity index (χ1v) is 4.66. The Bertz CT molecular complexity index is 285. The average Bonchev–Trinajstić information content (AvgIpc) is 2.49. The largest absolute Gasteiger partial charge is 0.288 e. The number of hydrogen-bond acceptors (Lipinski definition) is 2. The highest BCUT2D eigenvalue weighted by Gasteiger charge is 2.34. The molecule has 1 atom stereocenters. The van der Waals surface area contributed by atoms with Crippen LogP contribution in [0, 0.1) is 0 Å². The number of benzene rings is 1. The van der Waals surface area contributed by atoms with Crippen molar-refractivity contribution in [3.05, 3.63) is 35.9 Å². The number of hydroxylamine groups is 2. The van der Waals surface area contributed by atoms with Gasteiger partial charge in [-0.25, -0.2) is 0 Å². The van der Waals surface area contributed by atoms with Crippen molar-refractivity contribution >= 4 is 0 Å². The van der Waals surface area contributed by atoms with Crippen molar-refractivity contribution in [3.8, 4) is 0 Å². The molecule has 0 aliphatic carbocycles. The summed E-state index contributed by atoms with van der Waals surface area (Å²) in [6.07, 6.45) is 1.06. The molecule has 0 spiro atoms. The molecule has 0 aromatic heterocycles. The molecule has 0 radical (unpaired) electrons. The van der Waals surface area contributed by atoms with Crippen LogP contribution in [0.2, 0.25) is 0 Å². The van der Waals surface area contributed by atoms with Crippen LogP contribution in [0.4, 0.5) is 0 Å². The summed E-state index contributed by atoms with van der Waals surface area (Å²) in [5.41, 5.74) is 1.15. The van der Waals surface area contributed by atoms with E-state index in [0.717, 1.165) is 13.0 Å². The lowest BCUT2D eigenvalue weighted by Crippen LogP contribution is -2.22. The molecule has 2 nitrogen and oxygen atoms in total. The van der Waals surface area contributed by atoms with Gasteiger partial charge in [-0.15, -0.1) is 0 Å². The van der Waals surface area contributed by atoms with Gasteiger partial charge in [-0.2, -0.15) is 5.06 Å². The van der Waals surface area contributed by atoms with Crippen LogP contribution in [0.15, 0.2) is 30.3 Å². The summed E-state index contributed by atoms with van der Waals surface area (Å²) in [5, 5.41) is 1.91. The Kier molecular flexibility index (Phi) is 2.10. The maximum absolute atomic E-state index is 5.77. The molecular formula is C11H15NO. The third-order valence-electron chi connectivity index (χ3n) is 2.65. The zero-order valence-corrected chi connectivity index (χ0v) is 8.16. The van der Waals surface area contributed by atoms with Crippen LogP contribution in [-0.2, 0) is 10.4 Å². The van der Waals surface area contributed by atoms with Gasteiger partial charge in [0.25, 0.3) is 0 Å². The van der Waals surface area contributed by atoms with Gasteiger partial charge in [-0.05, 0) is 18.9 Å². The molecule has 2 heteroatoms. The molecule has 1 aromatic rings. The first-order valence-electron chi connectivity index (χ1n) is 4.66. The zero-order valence-electron chi connectivity index (χ0n) is 8.16. The second kappa shape index (κ2) is 3.13. The zero-order chi connectivity index (χ0) is 9.31. The lowest BCUT2D eigenvalue weighted by molar-refractivity contribution is -0.175. The minimum atomic E-state index is -0.115. The summed E-state index contributed by atoms with van der Waals surface area (Å²) in [4.78, 5) is 5.77. The van der Waals surface area contributed by atoms with Crippen molar-refractivity contribution in [1.82, 2.24) is 5.06 Å². The van der Waals surface area contributed by atoms with E-state index in [-0.39, 0.29) is 5.60 Å². The summed E-state index contributed by atoms with van der Waals surface area (Å²) in [5.74, 6) is 0. The van der Waals surface area contributed by atoms with E-state index in [1.54, 1.807) is 0 Å². The van der Waals surface area contributed by atoms with Crippen LogP contribution >= 0.6 is 0 Å². The van der Waals surface area contributed by atoms with E-state index in [1.165, 1.54) is 5.56 Å². The van der Waals surface area contributed by atoms with E-state index in [4.69, 9.17) is 4.84 Å². The van der Waals surface area contributed by atoms with Crippen molar-refractivity contribution in [2.45, 2.75) is 18.9 Å². The van der Waals surface area contributed by atoms with Crippen LogP contribution < -0.4 is 0 Å². The standard InChI is InChI=1S/C11H15NO/c1-11(8-9-12(2)13-11)10-6-4-3-5-7-10/h3-7H,8-9H2,1-2H3. The van der Waals surface area contributed by atoms with E-state index in [0.29, 0.717) is 0 Å². The Morgan fingerprint density at radius 3 is 2.54 bits per heavy atom. The van der Waals surface area contributed by atoms with E-state index in [2.05, 4.69) is 31.2 Å². The quantitative estimate of drug-likeness (QED) is 0.652. The number of rotatable bonds is 1. The van der Waals surface area contributed by atoms with E-state index in [1.807, 2.05) is 18.2 Å². The molecule has 0 N–H and O–H groups in total. The maximum atomic E-state index is 5.77. The fraction of sp³-hybridized carbons (Fsp3) is 0.455. The minimum Gasteiger partial charge on any atom is -0.288 e. The molecule has 70 valence electrons. The molecule has 1 aliphatic heterocycles. The first kappa shape index (κ1) is 8.73. The Morgan fingerprint density at radius 2 is 2.00 bits per heavy atom. The molecule has 0 bridgehead atoms. The van der Waals surface area contributed by atoms with Crippen molar-refractivity contribution in [2.75, 3.05) is 13.6 Å². The van der Waals surface area contributed by atoms with Gasteiger partial charge in [-0.3, -0.25) is 4.84 Å². The minimum absolute atomic E-state index is 0.115. The van der Waals surface area contributed by atoms with Gasteiger partial charge >= 0.3 is 0 Å². The predicted molar refractivity (Wildman–Crippen MR) is 52.1 cm³/mol. The van der Waals surface area contributed by atoms with Crippen LogP contribution in [0.1, 0.15) is 18.9 Å². The van der Waals surface area contributed by atoms with Crippen molar-refractivity contribution in [2.24, 2.45) is 0 Å². The summed E-state index contributed by atoms with van der Waals surface area (Å²) in [6.45, 7) is 3.15. The third-order valence-corrected chi connectivity index (χ3v) is 2.65. The summed E-state index contributed by atoms with van der Waals surface area (Å²) in [6, 6.07) is 10.4. The highest BCUT2D eigenvalue weighted by atomic mass is 16.7. The van der Waals surface area contributed by atoms with Gasteiger partial charge < -0.3 is 0 Å². The Morgan fingerprint density at radius 1 is 1.31 bits per heavy atom. The van der Waals surface area contributed by atoms with Crippen LogP contribution in [0.25, 0.3) is 0 Å². The molecule has 13 heavy (non-hydrogen) atoms. The smallest absolute Gasteiger partial charge is 0.113 e. The van der Waals surface area contributed by atoms with Gasteiger partial charge in [0.2, 0.25) is 0 Å². The van der Waals surface area contributed by atoms with Gasteiger partial charge in [0.15, 0.2) is 0 Å². The fourth-order valence-corrected chi connectivity index (χ4v) is 1.79. The van der Waals surface area contributed by atoms with E-state index < -0.39 is 0 Å². The predicted octanol–water partition coefficient (Wildman–Crippen LogP) is 2.17. The van der Waals surface area contributed by atoms with Gasteiger partial charge in [0, 0.05) is 13.6 Å². The summed E-state index contributed by atoms with van der Waals surface area (Å²) < 4.78 is 0. The average molecular weight is 177 g/mol.